The van der Waals surface area contributed by atoms with Gasteiger partial charge in [-0.25, -0.2) is 9.18 Å². The Hall–Kier alpha value is -2.37. The lowest BCUT2D eigenvalue weighted by Crippen LogP contribution is -2.05. The number of halogens is 1. The molecule has 2 aromatic rings. The number of ether oxygens (including phenoxy) is 1. The zero-order valence-electron chi connectivity index (χ0n) is 12.1. The number of carbonyl (C=O) groups is 1. The average Bonchev–Trinajstić information content (AvgIpc) is 2.81. The molecule has 0 aliphatic rings. The molecule has 112 valence electrons. The number of aromatic nitrogens is 2. The number of aromatic carboxylic acids is 1. The second-order valence-corrected chi connectivity index (χ2v) is 5.13. The van der Waals surface area contributed by atoms with Crippen LogP contribution in [0.2, 0.25) is 0 Å². The fourth-order valence-electron chi connectivity index (χ4n) is 2.13. The van der Waals surface area contributed by atoms with Crippen molar-refractivity contribution in [1.29, 1.82) is 0 Å². The van der Waals surface area contributed by atoms with Crippen molar-refractivity contribution in [3.8, 4) is 17.0 Å². The lowest BCUT2D eigenvalue weighted by molar-refractivity contribution is 0.0697. The summed E-state index contributed by atoms with van der Waals surface area (Å²) in [6.45, 7) is 4.54. The number of rotatable bonds is 5. The van der Waals surface area contributed by atoms with Crippen LogP contribution in [0.15, 0.2) is 24.4 Å². The van der Waals surface area contributed by atoms with Crippen molar-refractivity contribution < 1.29 is 19.0 Å². The van der Waals surface area contributed by atoms with Crippen LogP contribution >= 0.6 is 0 Å². The van der Waals surface area contributed by atoms with Gasteiger partial charge in [-0.05, 0) is 18.1 Å². The highest BCUT2D eigenvalue weighted by atomic mass is 19.1. The smallest absolute Gasteiger partial charge is 0.339 e. The summed E-state index contributed by atoms with van der Waals surface area (Å²) in [6, 6.07) is 4.33. The summed E-state index contributed by atoms with van der Waals surface area (Å²) in [7, 11) is 1.41. The molecule has 0 aliphatic carbocycles. The Labute approximate surface area is 122 Å². The van der Waals surface area contributed by atoms with E-state index in [-0.39, 0.29) is 22.6 Å². The number of carboxylic acids is 1. The lowest BCUT2D eigenvalue weighted by Gasteiger charge is -2.08. The minimum atomic E-state index is -1.15. The highest BCUT2D eigenvalue weighted by Crippen LogP contribution is 2.33. The third kappa shape index (κ3) is 3.04. The SMILES string of the molecule is COc1cccc(F)c1-c1nn(CC(C)C)cc1C(=O)O. The summed E-state index contributed by atoms with van der Waals surface area (Å²) >= 11 is 0. The van der Waals surface area contributed by atoms with Crippen molar-refractivity contribution in [2.24, 2.45) is 5.92 Å². The molecule has 0 bridgehead atoms. The Morgan fingerprint density at radius 2 is 2.19 bits per heavy atom. The van der Waals surface area contributed by atoms with Crippen LogP contribution in [0.1, 0.15) is 24.2 Å². The molecule has 1 heterocycles. The first-order chi connectivity index (χ1) is 9.93. The minimum absolute atomic E-state index is 0.0425. The first kappa shape index (κ1) is 15.0. The highest BCUT2D eigenvalue weighted by Gasteiger charge is 2.23. The summed E-state index contributed by atoms with van der Waals surface area (Å²) in [6.07, 6.45) is 1.42. The molecule has 1 aromatic carbocycles. The van der Waals surface area contributed by atoms with E-state index in [2.05, 4.69) is 5.10 Å². The molecule has 0 spiro atoms. The van der Waals surface area contributed by atoms with Crippen LogP contribution < -0.4 is 4.74 Å². The van der Waals surface area contributed by atoms with Gasteiger partial charge in [-0.15, -0.1) is 0 Å². The molecular formula is C15H17FN2O3. The highest BCUT2D eigenvalue weighted by molar-refractivity contribution is 5.95. The first-order valence-electron chi connectivity index (χ1n) is 6.57. The van der Waals surface area contributed by atoms with Crippen LogP contribution in [0.3, 0.4) is 0 Å². The molecule has 0 saturated heterocycles. The summed E-state index contributed by atoms with van der Waals surface area (Å²) in [5.41, 5.74) is 0.108. The Morgan fingerprint density at radius 1 is 1.48 bits per heavy atom. The molecule has 0 atom stereocenters. The largest absolute Gasteiger partial charge is 0.496 e. The zero-order valence-corrected chi connectivity index (χ0v) is 12.1. The van der Waals surface area contributed by atoms with Crippen molar-refractivity contribution in [3.63, 3.8) is 0 Å². The van der Waals surface area contributed by atoms with Crippen molar-refractivity contribution in [1.82, 2.24) is 9.78 Å². The second-order valence-electron chi connectivity index (χ2n) is 5.13. The van der Waals surface area contributed by atoms with Gasteiger partial charge < -0.3 is 9.84 Å². The molecule has 0 amide bonds. The number of nitrogens with zero attached hydrogens (tertiary/aromatic N) is 2. The molecule has 6 heteroatoms. The first-order valence-corrected chi connectivity index (χ1v) is 6.57. The Bertz CT molecular complexity index is 665. The van der Waals surface area contributed by atoms with Gasteiger partial charge in [-0.2, -0.15) is 5.10 Å². The van der Waals surface area contributed by atoms with Crippen molar-refractivity contribution in [2.45, 2.75) is 20.4 Å². The number of hydrogen-bond donors (Lipinski definition) is 1. The maximum absolute atomic E-state index is 14.1. The summed E-state index contributed by atoms with van der Waals surface area (Å²) in [5, 5.41) is 13.5. The van der Waals surface area contributed by atoms with E-state index >= 15 is 0 Å². The van der Waals surface area contributed by atoms with Gasteiger partial charge in [0.15, 0.2) is 0 Å². The van der Waals surface area contributed by atoms with Gasteiger partial charge in [0.05, 0.1) is 12.7 Å². The van der Waals surface area contributed by atoms with Gasteiger partial charge in [-0.3, -0.25) is 4.68 Å². The molecule has 1 aromatic heterocycles. The molecule has 0 radical (unpaired) electrons. The Kier molecular flexibility index (Phi) is 4.26. The van der Waals surface area contributed by atoms with E-state index in [0.717, 1.165) is 0 Å². The van der Waals surface area contributed by atoms with E-state index in [1.54, 1.807) is 6.07 Å². The third-order valence-corrected chi connectivity index (χ3v) is 2.98. The molecule has 5 nitrogen and oxygen atoms in total. The van der Waals surface area contributed by atoms with Crippen molar-refractivity contribution >= 4 is 5.97 Å². The average molecular weight is 292 g/mol. The molecule has 0 saturated carbocycles. The zero-order chi connectivity index (χ0) is 15.6. The van der Waals surface area contributed by atoms with Crippen LogP contribution in [-0.4, -0.2) is 28.0 Å². The van der Waals surface area contributed by atoms with E-state index < -0.39 is 11.8 Å². The van der Waals surface area contributed by atoms with Gasteiger partial charge in [-0.1, -0.05) is 19.9 Å². The van der Waals surface area contributed by atoms with Crippen LogP contribution in [0.4, 0.5) is 4.39 Å². The van der Waals surface area contributed by atoms with E-state index in [0.29, 0.717) is 12.5 Å². The maximum Gasteiger partial charge on any atom is 0.339 e. The number of carboxylic acid groups (broad SMARTS) is 1. The fraction of sp³-hybridized carbons (Fsp3) is 0.333. The van der Waals surface area contributed by atoms with E-state index in [1.807, 2.05) is 13.8 Å². The third-order valence-electron chi connectivity index (χ3n) is 2.98. The van der Waals surface area contributed by atoms with E-state index in [1.165, 1.54) is 30.1 Å². The van der Waals surface area contributed by atoms with Crippen molar-refractivity contribution in [3.05, 3.63) is 35.8 Å². The quantitative estimate of drug-likeness (QED) is 0.920. The molecule has 0 unspecified atom stereocenters. The Balaban J connectivity index is 2.62. The lowest BCUT2D eigenvalue weighted by atomic mass is 10.1. The minimum Gasteiger partial charge on any atom is -0.496 e. The van der Waals surface area contributed by atoms with Gasteiger partial charge in [0.1, 0.15) is 22.8 Å². The molecule has 1 N–H and O–H groups in total. The predicted molar refractivity (Wildman–Crippen MR) is 76.0 cm³/mol. The maximum atomic E-state index is 14.1. The van der Waals surface area contributed by atoms with E-state index in [4.69, 9.17) is 4.74 Å². The topological polar surface area (TPSA) is 64.4 Å². The number of methoxy groups -OCH3 is 1. The normalized spacial score (nSPS) is 10.9. The molecule has 2 rings (SSSR count). The monoisotopic (exact) mass is 292 g/mol. The second kappa shape index (κ2) is 5.95. The van der Waals surface area contributed by atoms with Crippen LogP contribution in [0.25, 0.3) is 11.3 Å². The Morgan fingerprint density at radius 3 is 2.76 bits per heavy atom. The standard InChI is InChI=1S/C15H17FN2O3/c1-9(2)7-18-8-10(15(19)20)14(17-18)13-11(16)5-4-6-12(13)21-3/h4-6,8-9H,7H2,1-3H3,(H,19,20). The van der Waals surface area contributed by atoms with Gasteiger partial charge in [0.2, 0.25) is 0 Å². The number of hydrogen-bond acceptors (Lipinski definition) is 3. The van der Waals surface area contributed by atoms with E-state index in [9.17, 15) is 14.3 Å². The summed E-state index contributed by atoms with van der Waals surface area (Å²) in [4.78, 5) is 11.4. The number of benzene rings is 1. The van der Waals surface area contributed by atoms with Crippen LogP contribution in [0.5, 0.6) is 5.75 Å². The summed E-state index contributed by atoms with van der Waals surface area (Å²) in [5.74, 6) is -1.16. The predicted octanol–water partition coefficient (Wildman–Crippen LogP) is 3.05. The molecule has 0 aliphatic heterocycles. The molecular weight excluding hydrogens is 275 g/mol. The van der Waals surface area contributed by atoms with Crippen LogP contribution in [-0.2, 0) is 6.54 Å². The molecule has 21 heavy (non-hydrogen) atoms. The van der Waals surface area contributed by atoms with Crippen LogP contribution in [0, 0.1) is 11.7 Å². The summed E-state index contributed by atoms with van der Waals surface area (Å²) < 4.78 is 20.8. The van der Waals surface area contributed by atoms with Gasteiger partial charge >= 0.3 is 5.97 Å². The fourth-order valence-corrected chi connectivity index (χ4v) is 2.13. The molecule has 0 fully saturated rings. The van der Waals surface area contributed by atoms with Gasteiger partial charge in [0, 0.05) is 12.7 Å². The van der Waals surface area contributed by atoms with Gasteiger partial charge in [0.25, 0.3) is 0 Å². The van der Waals surface area contributed by atoms with Crippen molar-refractivity contribution in [2.75, 3.05) is 7.11 Å².